The van der Waals surface area contributed by atoms with Gasteiger partial charge in [0.2, 0.25) is 0 Å². The fourth-order valence-corrected chi connectivity index (χ4v) is 2.59. The molecule has 0 radical (unpaired) electrons. The molecule has 2 rings (SSSR count). The molecule has 2 N–H and O–H groups in total. The Morgan fingerprint density at radius 2 is 1.96 bits per heavy atom. The van der Waals surface area contributed by atoms with E-state index in [0.717, 1.165) is 83.7 Å². The Hall–Kier alpha value is -1.67. The summed E-state index contributed by atoms with van der Waals surface area (Å²) in [4.78, 5) is 7.01. The first kappa shape index (κ1) is 18.7. The maximum Gasteiger partial charge on any atom is 0.191 e. The molecule has 0 amide bonds. The van der Waals surface area contributed by atoms with Gasteiger partial charge in [-0.15, -0.1) is 10.2 Å². The second-order valence-electron chi connectivity index (χ2n) is 5.83. The molecule has 8 heteroatoms. The van der Waals surface area contributed by atoms with E-state index >= 15 is 0 Å². The summed E-state index contributed by atoms with van der Waals surface area (Å²) in [7, 11) is 0. The van der Waals surface area contributed by atoms with Crippen molar-refractivity contribution in [3.8, 4) is 0 Å². The minimum absolute atomic E-state index is 0.804. The van der Waals surface area contributed by atoms with Crippen molar-refractivity contribution in [2.24, 2.45) is 4.99 Å². The van der Waals surface area contributed by atoms with E-state index in [2.05, 4.69) is 49.1 Å². The minimum Gasteiger partial charge on any atom is -0.379 e. The van der Waals surface area contributed by atoms with Crippen LogP contribution in [0.2, 0.25) is 0 Å². The number of aliphatic imine (C=N–C) groups is 1. The Morgan fingerprint density at radius 3 is 2.67 bits per heavy atom. The van der Waals surface area contributed by atoms with Gasteiger partial charge in [0.05, 0.1) is 13.2 Å². The molecule has 136 valence electrons. The van der Waals surface area contributed by atoms with E-state index in [0.29, 0.717) is 0 Å². The molecule has 1 aromatic rings. The average Bonchev–Trinajstić information content (AvgIpc) is 3.07. The normalized spacial score (nSPS) is 16.3. The van der Waals surface area contributed by atoms with Crippen molar-refractivity contribution in [2.75, 3.05) is 52.5 Å². The van der Waals surface area contributed by atoms with E-state index in [1.807, 2.05) is 0 Å². The van der Waals surface area contributed by atoms with Crippen molar-refractivity contribution < 1.29 is 4.74 Å². The van der Waals surface area contributed by atoms with Gasteiger partial charge in [-0.3, -0.25) is 9.89 Å². The van der Waals surface area contributed by atoms with Crippen LogP contribution in [-0.2, 0) is 17.7 Å². The van der Waals surface area contributed by atoms with Crippen molar-refractivity contribution in [3.63, 3.8) is 0 Å². The summed E-state index contributed by atoms with van der Waals surface area (Å²) < 4.78 is 7.46. The molecule has 1 saturated heterocycles. The number of aryl methyl sites for hydroxylation is 1. The van der Waals surface area contributed by atoms with Crippen molar-refractivity contribution in [2.45, 2.75) is 33.2 Å². The molecule has 0 saturated carbocycles. The van der Waals surface area contributed by atoms with Gasteiger partial charge in [0.15, 0.2) is 5.96 Å². The van der Waals surface area contributed by atoms with Crippen LogP contribution in [0.15, 0.2) is 11.3 Å². The van der Waals surface area contributed by atoms with Crippen molar-refractivity contribution in [1.29, 1.82) is 0 Å². The lowest BCUT2D eigenvalue weighted by atomic mass is 10.4. The lowest BCUT2D eigenvalue weighted by Gasteiger charge is -2.26. The van der Waals surface area contributed by atoms with E-state index < -0.39 is 0 Å². The van der Waals surface area contributed by atoms with Crippen LogP contribution in [0.1, 0.15) is 26.1 Å². The van der Waals surface area contributed by atoms with Gasteiger partial charge >= 0.3 is 0 Å². The van der Waals surface area contributed by atoms with Crippen LogP contribution in [-0.4, -0.2) is 78.1 Å². The Balaban J connectivity index is 1.71. The number of nitrogens with one attached hydrogen (secondary N) is 2. The molecule has 2 heterocycles. The predicted molar refractivity (Wildman–Crippen MR) is 95.3 cm³/mol. The second-order valence-corrected chi connectivity index (χ2v) is 5.83. The number of morpholine rings is 1. The quantitative estimate of drug-likeness (QED) is 0.492. The lowest BCUT2D eigenvalue weighted by molar-refractivity contribution is 0.0389. The summed E-state index contributed by atoms with van der Waals surface area (Å²) in [5.41, 5.74) is 0. The van der Waals surface area contributed by atoms with Crippen LogP contribution in [0.25, 0.3) is 0 Å². The van der Waals surface area contributed by atoms with Crippen LogP contribution in [0.5, 0.6) is 0 Å². The Kier molecular flexibility index (Phi) is 8.54. The molecule has 1 aromatic heterocycles. The number of ether oxygens (including phenoxy) is 1. The molecule has 1 fully saturated rings. The van der Waals surface area contributed by atoms with Crippen molar-refractivity contribution in [1.82, 2.24) is 30.3 Å². The average molecular weight is 337 g/mol. The van der Waals surface area contributed by atoms with Gasteiger partial charge < -0.3 is 19.9 Å². The number of aromatic nitrogens is 3. The number of nitrogens with zero attached hydrogens (tertiary/aromatic N) is 5. The zero-order valence-electron chi connectivity index (χ0n) is 15.0. The summed E-state index contributed by atoms with van der Waals surface area (Å²) in [5.74, 6) is 1.90. The van der Waals surface area contributed by atoms with Crippen LogP contribution in [0, 0.1) is 0 Å². The monoisotopic (exact) mass is 337 g/mol. The maximum absolute atomic E-state index is 5.38. The third-order valence-corrected chi connectivity index (χ3v) is 3.97. The highest BCUT2D eigenvalue weighted by atomic mass is 16.5. The zero-order chi connectivity index (χ0) is 17.0. The standard InChI is InChI=1S/C16H31N7O/c1-3-5-17-16(18-6-8-22-10-12-24-13-11-22)19-7-9-23-14-20-21-15(23)4-2/h14H,3-13H2,1-2H3,(H2,17,18,19). The molecular weight excluding hydrogens is 306 g/mol. The molecule has 0 bridgehead atoms. The number of hydrogen-bond acceptors (Lipinski definition) is 5. The SMILES string of the molecule is CCCN=C(NCCN1CCOCC1)NCCn1cnnc1CC. The topological polar surface area (TPSA) is 79.6 Å². The second kappa shape index (κ2) is 11.0. The van der Waals surface area contributed by atoms with E-state index in [4.69, 9.17) is 4.74 Å². The van der Waals surface area contributed by atoms with Gasteiger partial charge in [-0.05, 0) is 6.42 Å². The summed E-state index contributed by atoms with van der Waals surface area (Å²) in [5, 5.41) is 14.9. The predicted octanol–water partition coefficient (Wildman–Crippen LogP) is 0.118. The van der Waals surface area contributed by atoms with Gasteiger partial charge in [0, 0.05) is 52.2 Å². The van der Waals surface area contributed by atoms with Gasteiger partial charge in [0.1, 0.15) is 12.2 Å². The first-order valence-electron chi connectivity index (χ1n) is 9.02. The minimum atomic E-state index is 0.804. The zero-order valence-corrected chi connectivity index (χ0v) is 15.0. The Labute approximate surface area is 144 Å². The first-order valence-corrected chi connectivity index (χ1v) is 9.02. The van der Waals surface area contributed by atoms with Crippen molar-refractivity contribution in [3.05, 3.63) is 12.2 Å². The van der Waals surface area contributed by atoms with Gasteiger partial charge in [-0.1, -0.05) is 13.8 Å². The van der Waals surface area contributed by atoms with E-state index in [1.54, 1.807) is 6.33 Å². The number of hydrogen-bond donors (Lipinski definition) is 2. The molecule has 24 heavy (non-hydrogen) atoms. The highest BCUT2D eigenvalue weighted by Gasteiger charge is 2.09. The van der Waals surface area contributed by atoms with Gasteiger partial charge in [-0.25, -0.2) is 0 Å². The van der Waals surface area contributed by atoms with Crippen LogP contribution in [0.3, 0.4) is 0 Å². The van der Waals surface area contributed by atoms with Crippen LogP contribution in [0.4, 0.5) is 0 Å². The molecular formula is C16H31N7O. The summed E-state index contributed by atoms with van der Waals surface area (Å²) in [6, 6.07) is 0. The molecule has 0 spiro atoms. The Bertz CT molecular complexity index is 483. The molecule has 8 nitrogen and oxygen atoms in total. The third-order valence-electron chi connectivity index (χ3n) is 3.97. The summed E-state index contributed by atoms with van der Waals surface area (Å²) in [6.07, 6.45) is 3.73. The number of guanidine groups is 1. The molecule has 1 aliphatic heterocycles. The smallest absolute Gasteiger partial charge is 0.191 e. The van der Waals surface area contributed by atoms with Crippen LogP contribution < -0.4 is 10.6 Å². The largest absolute Gasteiger partial charge is 0.379 e. The fraction of sp³-hybridized carbons (Fsp3) is 0.812. The summed E-state index contributed by atoms with van der Waals surface area (Å²) in [6.45, 7) is 12.3. The van der Waals surface area contributed by atoms with Gasteiger partial charge in [-0.2, -0.15) is 0 Å². The Morgan fingerprint density at radius 1 is 1.21 bits per heavy atom. The maximum atomic E-state index is 5.38. The van der Waals surface area contributed by atoms with E-state index in [1.165, 1.54) is 0 Å². The van der Waals surface area contributed by atoms with Crippen LogP contribution >= 0.6 is 0 Å². The lowest BCUT2D eigenvalue weighted by Crippen LogP contribution is -2.45. The van der Waals surface area contributed by atoms with E-state index in [-0.39, 0.29) is 0 Å². The molecule has 0 unspecified atom stereocenters. The molecule has 1 aliphatic rings. The molecule has 0 aromatic carbocycles. The highest BCUT2D eigenvalue weighted by molar-refractivity contribution is 5.79. The summed E-state index contributed by atoms with van der Waals surface area (Å²) >= 11 is 0. The first-order chi connectivity index (χ1) is 11.8. The number of rotatable bonds is 9. The van der Waals surface area contributed by atoms with Gasteiger partial charge in [0.25, 0.3) is 0 Å². The highest BCUT2D eigenvalue weighted by Crippen LogP contribution is 1.96. The third kappa shape index (κ3) is 6.45. The fourth-order valence-electron chi connectivity index (χ4n) is 2.59. The molecule has 0 atom stereocenters. The van der Waals surface area contributed by atoms with E-state index in [9.17, 15) is 0 Å². The molecule has 0 aliphatic carbocycles. The van der Waals surface area contributed by atoms with Crippen molar-refractivity contribution >= 4 is 5.96 Å².